The molecule has 1 aromatic rings. The topological polar surface area (TPSA) is 139 Å². The summed E-state index contributed by atoms with van der Waals surface area (Å²) >= 11 is 0. The van der Waals surface area contributed by atoms with Crippen LogP contribution in [0.25, 0.3) is 0 Å². The van der Waals surface area contributed by atoms with Crippen molar-refractivity contribution in [2.24, 2.45) is 0 Å². The number of hydrogen-bond donors (Lipinski definition) is 1. The first-order valence-electron chi connectivity index (χ1n) is 8.33. The minimum absolute atomic E-state index is 0.370. The fourth-order valence-corrected chi connectivity index (χ4v) is 2.36. The lowest BCUT2D eigenvalue weighted by Crippen LogP contribution is -2.57. The number of carbonyl (C=O) groups is 2. The van der Waals surface area contributed by atoms with Gasteiger partial charge in [-0.25, -0.2) is 37.7 Å². The van der Waals surface area contributed by atoms with E-state index >= 15 is 0 Å². The molecule has 0 radical (unpaired) electrons. The molecule has 0 bridgehead atoms. The second-order valence-electron chi connectivity index (χ2n) is 5.97. The minimum Gasteiger partial charge on any atom is -0.458 e. The third-order valence-corrected chi connectivity index (χ3v) is 3.56. The van der Waals surface area contributed by atoms with Gasteiger partial charge in [0.15, 0.2) is 0 Å². The van der Waals surface area contributed by atoms with Gasteiger partial charge in [0.2, 0.25) is 0 Å². The molecule has 1 N–H and O–H groups in total. The molecule has 1 rings (SSSR count). The molecule has 11 nitrogen and oxygen atoms in total. The fraction of sp³-hybridized carbons (Fsp3) is 0.471. The van der Waals surface area contributed by atoms with E-state index in [4.69, 9.17) is 9.47 Å². The van der Waals surface area contributed by atoms with E-state index < -0.39 is 47.4 Å². The molecule has 3 unspecified atom stereocenters. The summed E-state index contributed by atoms with van der Waals surface area (Å²) in [6.45, 7) is 9.79. The van der Waals surface area contributed by atoms with Crippen molar-refractivity contribution >= 4 is 11.9 Å². The van der Waals surface area contributed by atoms with E-state index in [0.717, 1.165) is 12.2 Å². The average Bonchev–Trinajstić information content (AvgIpc) is 2.61. The molecule has 0 amide bonds. The Labute approximate surface area is 159 Å². The molecule has 28 heavy (non-hydrogen) atoms. The molecular formula is C17H23N3O8. The molecular weight excluding hydrogens is 374 g/mol. The third-order valence-electron chi connectivity index (χ3n) is 3.56. The number of nitrogens with zero attached hydrogens (tertiary/aromatic N) is 3. The van der Waals surface area contributed by atoms with E-state index in [1.54, 1.807) is 0 Å². The van der Waals surface area contributed by atoms with Crippen LogP contribution in [0, 0.1) is 0 Å². The fourth-order valence-electron chi connectivity index (χ4n) is 2.36. The van der Waals surface area contributed by atoms with Crippen LogP contribution in [0.5, 0.6) is 0 Å². The summed E-state index contributed by atoms with van der Waals surface area (Å²) in [5.74, 6) is -1.51. The molecule has 0 aromatic carbocycles. The Bertz CT molecular complexity index is 869. The molecule has 0 aliphatic heterocycles. The second-order valence-corrected chi connectivity index (χ2v) is 5.97. The molecule has 1 heterocycles. The van der Waals surface area contributed by atoms with Crippen molar-refractivity contribution in [1.29, 1.82) is 0 Å². The molecule has 0 saturated carbocycles. The highest BCUT2D eigenvalue weighted by Crippen LogP contribution is 1.98. The summed E-state index contributed by atoms with van der Waals surface area (Å²) in [6, 6.07) is 0. The largest absolute Gasteiger partial charge is 0.458 e. The maximum Gasteiger partial charge on any atom is 0.338 e. The molecule has 154 valence electrons. The number of carbonyl (C=O) groups excluding carboxylic acids is 2. The van der Waals surface area contributed by atoms with Gasteiger partial charge < -0.3 is 14.6 Å². The zero-order valence-electron chi connectivity index (χ0n) is 15.9. The third kappa shape index (κ3) is 5.39. The van der Waals surface area contributed by atoms with Crippen LogP contribution in [0.2, 0.25) is 0 Å². The molecule has 11 heteroatoms. The van der Waals surface area contributed by atoms with Gasteiger partial charge in [-0.05, 0) is 20.8 Å². The number of aromatic nitrogens is 3. The number of ether oxygens (including phenoxy) is 2. The molecule has 0 saturated heterocycles. The van der Waals surface area contributed by atoms with Gasteiger partial charge >= 0.3 is 29.0 Å². The predicted molar refractivity (Wildman–Crippen MR) is 97.7 cm³/mol. The zero-order chi connectivity index (χ0) is 21.6. The summed E-state index contributed by atoms with van der Waals surface area (Å²) in [5.41, 5.74) is -3.15. The maximum atomic E-state index is 12.7. The number of aliphatic hydroxyl groups is 1. The Balaban J connectivity index is 3.44. The van der Waals surface area contributed by atoms with E-state index in [0.29, 0.717) is 13.7 Å². The van der Waals surface area contributed by atoms with Crippen LogP contribution in [0.4, 0.5) is 0 Å². The highest BCUT2D eigenvalue weighted by Gasteiger charge is 2.22. The van der Waals surface area contributed by atoms with Crippen molar-refractivity contribution in [3.05, 3.63) is 56.8 Å². The summed E-state index contributed by atoms with van der Waals surface area (Å²) in [4.78, 5) is 60.3. The SMILES string of the molecule is C=CC(=O)OC(C)Cn1c(=O)n(CC(C)OC(=O)C=C)c(=O)n(C(C)O)c1=O. The summed E-state index contributed by atoms with van der Waals surface area (Å²) < 4.78 is 11.6. The Morgan fingerprint density at radius 3 is 1.54 bits per heavy atom. The number of esters is 2. The van der Waals surface area contributed by atoms with E-state index in [-0.39, 0.29) is 13.1 Å². The lowest BCUT2D eigenvalue weighted by atomic mass is 10.4. The minimum atomic E-state index is -1.53. The first-order chi connectivity index (χ1) is 13.0. The van der Waals surface area contributed by atoms with Gasteiger partial charge in [0.1, 0.15) is 18.4 Å². The Kier molecular flexibility index (Phi) is 7.87. The zero-order valence-corrected chi connectivity index (χ0v) is 15.9. The first-order valence-corrected chi connectivity index (χ1v) is 8.33. The normalized spacial score (nSPS) is 13.9. The Morgan fingerprint density at radius 2 is 1.25 bits per heavy atom. The number of hydrogen-bond acceptors (Lipinski definition) is 8. The molecule has 0 aliphatic carbocycles. The average molecular weight is 397 g/mol. The van der Waals surface area contributed by atoms with Crippen molar-refractivity contribution in [3.63, 3.8) is 0 Å². The Hall–Kier alpha value is -3.21. The monoisotopic (exact) mass is 397 g/mol. The standard InChI is InChI=1S/C17H23N3O8/c1-6-13(22)27-10(3)8-18-15(24)19(9-11(4)28-14(23)7-2)17(26)20(12(5)21)16(18)25/h6-7,10-12,21H,1-2,8-9H2,3-5H3. The van der Waals surface area contributed by atoms with Gasteiger partial charge in [-0.15, -0.1) is 0 Å². The smallest absolute Gasteiger partial charge is 0.338 e. The lowest BCUT2D eigenvalue weighted by molar-refractivity contribution is -0.143. The van der Waals surface area contributed by atoms with Crippen molar-refractivity contribution in [1.82, 2.24) is 13.7 Å². The van der Waals surface area contributed by atoms with Gasteiger partial charge in [0.25, 0.3) is 0 Å². The highest BCUT2D eigenvalue weighted by atomic mass is 16.5. The van der Waals surface area contributed by atoms with Crippen molar-refractivity contribution in [2.75, 3.05) is 0 Å². The van der Waals surface area contributed by atoms with Crippen LogP contribution in [0.1, 0.15) is 27.0 Å². The van der Waals surface area contributed by atoms with Gasteiger partial charge in [-0.1, -0.05) is 13.2 Å². The second kappa shape index (κ2) is 9.65. The lowest BCUT2D eigenvalue weighted by Gasteiger charge is -2.19. The summed E-state index contributed by atoms with van der Waals surface area (Å²) in [5, 5.41) is 9.80. The maximum absolute atomic E-state index is 12.7. The van der Waals surface area contributed by atoms with Crippen LogP contribution < -0.4 is 17.1 Å². The first kappa shape index (κ1) is 22.8. The number of aliphatic hydroxyl groups excluding tert-OH is 1. The Morgan fingerprint density at radius 1 is 0.893 bits per heavy atom. The van der Waals surface area contributed by atoms with Crippen molar-refractivity contribution in [2.45, 2.75) is 52.3 Å². The van der Waals surface area contributed by atoms with E-state index in [1.807, 2.05) is 0 Å². The van der Waals surface area contributed by atoms with Gasteiger partial charge in [-0.3, -0.25) is 0 Å². The summed E-state index contributed by atoms with van der Waals surface area (Å²) in [7, 11) is 0. The van der Waals surface area contributed by atoms with E-state index in [9.17, 15) is 29.1 Å². The van der Waals surface area contributed by atoms with Crippen molar-refractivity contribution < 1.29 is 24.2 Å². The van der Waals surface area contributed by atoms with Crippen LogP contribution >= 0.6 is 0 Å². The van der Waals surface area contributed by atoms with E-state index in [2.05, 4.69) is 13.2 Å². The predicted octanol–water partition coefficient (Wildman–Crippen LogP) is -1.08. The quantitative estimate of drug-likeness (QED) is 0.410. The highest BCUT2D eigenvalue weighted by molar-refractivity contribution is 5.81. The van der Waals surface area contributed by atoms with Gasteiger partial charge in [0, 0.05) is 12.2 Å². The molecule has 3 atom stereocenters. The number of rotatable bonds is 9. The van der Waals surface area contributed by atoms with Crippen LogP contribution in [-0.2, 0) is 32.2 Å². The van der Waals surface area contributed by atoms with Crippen molar-refractivity contribution in [3.8, 4) is 0 Å². The summed E-state index contributed by atoms with van der Waals surface area (Å²) in [6.07, 6.45) is -1.50. The van der Waals surface area contributed by atoms with Gasteiger partial charge in [0.05, 0.1) is 13.1 Å². The molecule has 0 aliphatic rings. The van der Waals surface area contributed by atoms with E-state index in [1.165, 1.54) is 20.8 Å². The molecule has 1 aromatic heterocycles. The van der Waals surface area contributed by atoms with Crippen LogP contribution in [0.15, 0.2) is 39.7 Å². The van der Waals surface area contributed by atoms with Crippen LogP contribution in [-0.4, -0.2) is 43.0 Å². The molecule has 0 spiro atoms. The molecule has 0 fully saturated rings. The van der Waals surface area contributed by atoms with Gasteiger partial charge in [-0.2, -0.15) is 0 Å². The van der Waals surface area contributed by atoms with Crippen LogP contribution in [0.3, 0.4) is 0 Å².